The normalized spacial score (nSPS) is 18.4. The molecule has 2 heterocycles. The second-order valence-corrected chi connectivity index (χ2v) is 7.78. The molecule has 1 aliphatic heterocycles. The zero-order valence-corrected chi connectivity index (χ0v) is 16.4. The van der Waals surface area contributed by atoms with Crippen molar-refractivity contribution in [2.24, 2.45) is 0 Å². The molecule has 140 valence electrons. The number of amides is 1. The highest BCUT2D eigenvalue weighted by Crippen LogP contribution is 2.32. The molecule has 1 fully saturated rings. The Hall–Kier alpha value is -1.62. The Labute approximate surface area is 152 Å². The predicted octanol–water partition coefficient (Wildman–Crippen LogP) is 4.78. The molecule has 0 saturated carbocycles. The molecule has 1 atom stereocenters. The third-order valence-corrected chi connectivity index (χ3v) is 4.37. The van der Waals surface area contributed by atoms with Gasteiger partial charge < -0.3 is 4.74 Å². The van der Waals surface area contributed by atoms with Crippen LogP contribution in [0.4, 0.5) is 10.6 Å². The monoisotopic (exact) mass is 347 g/mol. The van der Waals surface area contributed by atoms with E-state index < -0.39 is 5.60 Å². The molecule has 0 unspecified atom stereocenters. The second-order valence-electron chi connectivity index (χ2n) is 7.78. The first-order valence-corrected chi connectivity index (χ1v) is 9.56. The SMILES string of the molecule is CCCN(C(=O)OC(C)(C)C)c1ccc([C@H]2CCCN2CCC)cn1. The molecule has 0 N–H and O–H groups in total. The predicted molar refractivity (Wildman–Crippen MR) is 102 cm³/mol. The van der Waals surface area contributed by atoms with E-state index in [4.69, 9.17) is 4.74 Å². The van der Waals surface area contributed by atoms with Crippen LogP contribution in [0.5, 0.6) is 0 Å². The van der Waals surface area contributed by atoms with Crippen LogP contribution in [0.15, 0.2) is 18.3 Å². The van der Waals surface area contributed by atoms with Crippen molar-refractivity contribution in [2.45, 2.75) is 71.9 Å². The lowest BCUT2D eigenvalue weighted by molar-refractivity contribution is 0.0579. The van der Waals surface area contributed by atoms with E-state index in [9.17, 15) is 4.79 Å². The molecule has 0 aliphatic carbocycles. The van der Waals surface area contributed by atoms with Crippen LogP contribution in [-0.2, 0) is 4.74 Å². The average molecular weight is 348 g/mol. The molecule has 1 aromatic rings. The second kappa shape index (κ2) is 8.65. The Kier molecular flexibility index (Phi) is 6.82. The number of carbonyl (C=O) groups is 1. The fraction of sp³-hybridized carbons (Fsp3) is 0.700. The number of nitrogens with zero attached hydrogens (tertiary/aromatic N) is 3. The maximum absolute atomic E-state index is 12.5. The van der Waals surface area contributed by atoms with Crippen LogP contribution in [0.3, 0.4) is 0 Å². The summed E-state index contributed by atoms with van der Waals surface area (Å²) in [6, 6.07) is 4.54. The Morgan fingerprint density at radius 1 is 1.32 bits per heavy atom. The van der Waals surface area contributed by atoms with E-state index >= 15 is 0 Å². The summed E-state index contributed by atoms with van der Waals surface area (Å²) in [7, 11) is 0. The van der Waals surface area contributed by atoms with E-state index in [-0.39, 0.29) is 6.09 Å². The molecule has 5 heteroatoms. The molecule has 1 aromatic heterocycles. The van der Waals surface area contributed by atoms with Crippen LogP contribution >= 0.6 is 0 Å². The third kappa shape index (κ3) is 5.43. The Morgan fingerprint density at radius 2 is 2.08 bits per heavy atom. The first-order valence-electron chi connectivity index (χ1n) is 9.56. The largest absolute Gasteiger partial charge is 0.443 e. The van der Waals surface area contributed by atoms with E-state index in [0.29, 0.717) is 18.4 Å². The molecule has 0 radical (unpaired) electrons. The zero-order chi connectivity index (χ0) is 18.4. The molecule has 25 heavy (non-hydrogen) atoms. The highest BCUT2D eigenvalue weighted by atomic mass is 16.6. The minimum atomic E-state index is -0.506. The van der Waals surface area contributed by atoms with Gasteiger partial charge in [-0.1, -0.05) is 19.9 Å². The van der Waals surface area contributed by atoms with E-state index in [0.717, 1.165) is 13.0 Å². The van der Waals surface area contributed by atoms with Gasteiger partial charge >= 0.3 is 6.09 Å². The fourth-order valence-electron chi connectivity index (χ4n) is 3.35. The lowest BCUT2D eigenvalue weighted by atomic mass is 10.1. The Bertz CT molecular complexity index is 551. The number of carbonyl (C=O) groups excluding carboxylic acids is 1. The van der Waals surface area contributed by atoms with E-state index in [1.807, 2.05) is 40.0 Å². The summed E-state index contributed by atoms with van der Waals surface area (Å²) in [4.78, 5) is 21.2. The topological polar surface area (TPSA) is 45.7 Å². The minimum Gasteiger partial charge on any atom is -0.443 e. The quantitative estimate of drug-likeness (QED) is 0.743. The summed E-state index contributed by atoms with van der Waals surface area (Å²) in [5, 5.41) is 0. The fourth-order valence-corrected chi connectivity index (χ4v) is 3.35. The van der Waals surface area contributed by atoms with Crippen molar-refractivity contribution in [2.75, 3.05) is 24.5 Å². The number of likely N-dealkylation sites (tertiary alicyclic amines) is 1. The summed E-state index contributed by atoms with van der Waals surface area (Å²) in [5.41, 5.74) is 0.739. The molecule has 0 spiro atoms. The van der Waals surface area contributed by atoms with Crippen molar-refractivity contribution in [1.29, 1.82) is 0 Å². The Balaban J connectivity index is 2.14. The van der Waals surface area contributed by atoms with E-state index in [1.165, 1.54) is 31.4 Å². The maximum atomic E-state index is 12.5. The molecule has 1 amide bonds. The highest BCUT2D eigenvalue weighted by Gasteiger charge is 2.27. The number of hydrogen-bond donors (Lipinski definition) is 0. The number of anilines is 1. The summed E-state index contributed by atoms with van der Waals surface area (Å²) in [6.07, 6.45) is 6.06. The van der Waals surface area contributed by atoms with Gasteiger partial charge in [0.05, 0.1) is 0 Å². The van der Waals surface area contributed by atoms with Crippen LogP contribution < -0.4 is 4.90 Å². The van der Waals surface area contributed by atoms with Gasteiger partial charge in [0.25, 0.3) is 0 Å². The number of hydrogen-bond acceptors (Lipinski definition) is 4. The average Bonchev–Trinajstić information content (AvgIpc) is 3.00. The van der Waals surface area contributed by atoms with Gasteiger partial charge in [-0.05, 0) is 71.2 Å². The molecular weight excluding hydrogens is 314 g/mol. The van der Waals surface area contributed by atoms with Gasteiger partial charge in [-0.15, -0.1) is 0 Å². The lowest BCUT2D eigenvalue weighted by Crippen LogP contribution is -2.37. The van der Waals surface area contributed by atoms with Crippen LogP contribution in [0, 0.1) is 0 Å². The van der Waals surface area contributed by atoms with Gasteiger partial charge in [0.15, 0.2) is 0 Å². The van der Waals surface area contributed by atoms with Crippen LogP contribution in [0.2, 0.25) is 0 Å². The van der Waals surface area contributed by atoms with E-state index in [2.05, 4.69) is 22.9 Å². The summed E-state index contributed by atoms with van der Waals surface area (Å²) >= 11 is 0. The third-order valence-electron chi connectivity index (χ3n) is 4.37. The van der Waals surface area contributed by atoms with Gasteiger partial charge in [0.1, 0.15) is 11.4 Å². The van der Waals surface area contributed by atoms with E-state index in [1.54, 1.807) is 4.90 Å². The molecular formula is C20H33N3O2. The van der Waals surface area contributed by atoms with Gasteiger partial charge in [0, 0.05) is 18.8 Å². The van der Waals surface area contributed by atoms with Crippen molar-refractivity contribution in [1.82, 2.24) is 9.88 Å². The van der Waals surface area contributed by atoms with Crippen molar-refractivity contribution < 1.29 is 9.53 Å². The highest BCUT2D eigenvalue weighted by molar-refractivity contribution is 5.86. The van der Waals surface area contributed by atoms with Gasteiger partial charge in [-0.3, -0.25) is 9.80 Å². The van der Waals surface area contributed by atoms with Crippen LogP contribution in [-0.4, -0.2) is 41.2 Å². The number of rotatable bonds is 6. The number of aromatic nitrogens is 1. The minimum absolute atomic E-state index is 0.330. The van der Waals surface area contributed by atoms with Gasteiger partial charge in [-0.25, -0.2) is 9.78 Å². The first-order chi connectivity index (χ1) is 11.9. The summed E-state index contributed by atoms with van der Waals surface area (Å²) in [6.45, 7) is 12.8. The summed E-state index contributed by atoms with van der Waals surface area (Å²) < 4.78 is 5.52. The van der Waals surface area contributed by atoms with Crippen molar-refractivity contribution >= 4 is 11.9 Å². The smallest absolute Gasteiger partial charge is 0.416 e. The molecule has 2 rings (SSSR count). The molecule has 1 aliphatic rings. The van der Waals surface area contributed by atoms with Crippen molar-refractivity contribution in [3.05, 3.63) is 23.9 Å². The standard InChI is InChI=1S/C20H33N3O2/c1-6-12-22-14-8-9-17(22)16-10-11-18(21-15-16)23(13-7-2)19(24)25-20(3,4)5/h10-11,15,17H,6-9,12-14H2,1-5H3/t17-/m1/s1. The van der Waals surface area contributed by atoms with Crippen molar-refractivity contribution in [3.8, 4) is 0 Å². The van der Waals surface area contributed by atoms with Gasteiger partial charge in [-0.2, -0.15) is 0 Å². The molecule has 5 nitrogen and oxygen atoms in total. The first kappa shape index (κ1) is 19.7. The van der Waals surface area contributed by atoms with Gasteiger partial charge in [0.2, 0.25) is 0 Å². The van der Waals surface area contributed by atoms with Crippen molar-refractivity contribution in [3.63, 3.8) is 0 Å². The van der Waals surface area contributed by atoms with Crippen LogP contribution in [0.25, 0.3) is 0 Å². The van der Waals surface area contributed by atoms with Crippen LogP contribution in [0.1, 0.15) is 71.9 Å². The maximum Gasteiger partial charge on any atom is 0.416 e. The lowest BCUT2D eigenvalue weighted by Gasteiger charge is -2.27. The Morgan fingerprint density at radius 3 is 2.64 bits per heavy atom. The molecule has 0 aromatic carbocycles. The molecule has 0 bridgehead atoms. The number of ether oxygens (including phenoxy) is 1. The number of pyridine rings is 1. The zero-order valence-electron chi connectivity index (χ0n) is 16.4. The molecule has 1 saturated heterocycles. The summed E-state index contributed by atoms with van der Waals surface area (Å²) in [5.74, 6) is 0.667.